The van der Waals surface area contributed by atoms with E-state index in [1.54, 1.807) is 0 Å². The smallest absolute Gasteiger partial charge is 0.381 e. The lowest BCUT2D eigenvalue weighted by Gasteiger charge is -2.37. The van der Waals surface area contributed by atoms with E-state index >= 15 is 0 Å². The van der Waals surface area contributed by atoms with Crippen molar-refractivity contribution in [1.29, 1.82) is 0 Å². The summed E-state index contributed by atoms with van der Waals surface area (Å²) in [6.45, 7) is 6.25. The van der Waals surface area contributed by atoms with Crippen LogP contribution in [-0.2, 0) is 10.2 Å². The van der Waals surface area contributed by atoms with E-state index in [4.69, 9.17) is 4.74 Å². The summed E-state index contributed by atoms with van der Waals surface area (Å²) in [5, 5.41) is 5.82. The number of hydrogen-bond acceptors (Lipinski definition) is 2. The summed E-state index contributed by atoms with van der Waals surface area (Å²) in [6, 6.07) is 8.25. The quantitative estimate of drug-likeness (QED) is 0.594. The van der Waals surface area contributed by atoms with Gasteiger partial charge in [0.05, 0.1) is 13.0 Å². The third-order valence-electron chi connectivity index (χ3n) is 4.75. The zero-order chi connectivity index (χ0) is 19.0. The summed E-state index contributed by atoms with van der Waals surface area (Å²) in [5.74, 6) is 0.427. The highest BCUT2D eigenvalue weighted by Gasteiger charge is 2.35. The average molecular weight is 371 g/mol. The number of nitrogens with one attached hydrogen (secondary N) is 2. The molecular formula is C19H28F3N3O. The van der Waals surface area contributed by atoms with E-state index in [0.717, 1.165) is 12.8 Å². The van der Waals surface area contributed by atoms with Crippen molar-refractivity contribution in [1.82, 2.24) is 10.6 Å². The molecule has 1 aromatic rings. The van der Waals surface area contributed by atoms with E-state index in [0.29, 0.717) is 32.3 Å². The highest BCUT2D eigenvalue weighted by molar-refractivity contribution is 5.79. The summed E-state index contributed by atoms with van der Waals surface area (Å²) < 4.78 is 42.7. The van der Waals surface area contributed by atoms with Crippen molar-refractivity contribution in [3.05, 3.63) is 35.4 Å². The molecule has 0 atom stereocenters. The minimum absolute atomic E-state index is 0.143. The molecule has 0 aliphatic carbocycles. The van der Waals surface area contributed by atoms with E-state index in [-0.39, 0.29) is 12.0 Å². The van der Waals surface area contributed by atoms with Crippen molar-refractivity contribution in [3.8, 4) is 0 Å². The van der Waals surface area contributed by atoms with Gasteiger partial charge in [0.2, 0.25) is 0 Å². The molecule has 4 nitrogen and oxygen atoms in total. The predicted octanol–water partition coefficient (Wildman–Crippen LogP) is 3.55. The molecule has 146 valence electrons. The molecule has 0 unspecified atom stereocenters. The van der Waals surface area contributed by atoms with Gasteiger partial charge in [-0.1, -0.05) is 24.3 Å². The second kappa shape index (κ2) is 9.26. The molecule has 0 bridgehead atoms. The number of aliphatic imine (C=N–C) groups is 1. The maximum absolute atomic E-state index is 12.4. The lowest BCUT2D eigenvalue weighted by Crippen LogP contribution is -2.42. The highest BCUT2D eigenvalue weighted by Crippen LogP contribution is 2.37. The summed E-state index contributed by atoms with van der Waals surface area (Å²) in [7, 11) is 0. The Bertz CT molecular complexity index is 596. The molecule has 1 aliphatic heterocycles. The van der Waals surface area contributed by atoms with Gasteiger partial charge in [-0.3, -0.25) is 4.99 Å². The van der Waals surface area contributed by atoms with Crippen LogP contribution < -0.4 is 10.6 Å². The molecule has 0 radical (unpaired) electrons. The van der Waals surface area contributed by atoms with Gasteiger partial charge in [0.15, 0.2) is 5.96 Å². The van der Waals surface area contributed by atoms with Crippen LogP contribution in [0.4, 0.5) is 13.2 Å². The van der Waals surface area contributed by atoms with Crippen molar-refractivity contribution in [2.24, 2.45) is 4.99 Å². The van der Waals surface area contributed by atoms with Gasteiger partial charge in [-0.05, 0) is 37.8 Å². The first-order valence-electron chi connectivity index (χ1n) is 9.09. The molecule has 0 spiro atoms. The topological polar surface area (TPSA) is 45.7 Å². The van der Waals surface area contributed by atoms with Crippen molar-refractivity contribution < 1.29 is 17.9 Å². The van der Waals surface area contributed by atoms with Crippen molar-refractivity contribution in [2.45, 2.75) is 44.7 Å². The van der Waals surface area contributed by atoms with Crippen LogP contribution in [-0.4, -0.2) is 45.0 Å². The number of hydrogen-bond donors (Lipinski definition) is 2. The van der Waals surface area contributed by atoms with Gasteiger partial charge in [-0.15, -0.1) is 0 Å². The number of alkyl halides is 3. The molecule has 0 amide bonds. The second-order valence-electron chi connectivity index (χ2n) is 6.69. The van der Waals surface area contributed by atoms with Crippen LogP contribution in [0.3, 0.4) is 0 Å². The normalized spacial score (nSPS) is 17.8. The number of benzene rings is 1. The fourth-order valence-electron chi connectivity index (χ4n) is 3.34. The first-order valence-corrected chi connectivity index (χ1v) is 9.09. The molecule has 1 aliphatic rings. The fraction of sp³-hybridized carbons (Fsp3) is 0.632. The zero-order valence-corrected chi connectivity index (χ0v) is 15.5. The SMILES string of the molecule is CCNC(=NCC1(c2ccccc2C)CCOCC1)NCCC(F)(F)F. The molecule has 7 heteroatoms. The lowest BCUT2D eigenvalue weighted by atomic mass is 9.72. The molecule has 2 N–H and O–H groups in total. The minimum Gasteiger partial charge on any atom is -0.381 e. The van der Waals surface area contributed by atoms with E-state index in [1.165, 1.54) is 11.1 Å². The Morgan fingerprint density at radius 1 is 1.19 bits per heavy atom. The van der Waals surface area contributed by atoms with Crippen LogP contribution in [0.1, 0.15) is 37.3 Å². The lowest BCUT2D eigenvalue weighted by molar-refractivity contribution is -0.132. The molecule has 26 heavy (non-hydrogen) atoms. The molecule has 1 saturated heterocycles. The number of halogens is 3. The molecule has 1 fully saturated rings. The number of nitrogens with zero attached hydrogens (tertiary/aromatic N) is 1. The Hall–Kier alpha value is -1.76. The first kappa shape index (κ1) is 20.6. The molecule has 0 saturated carbocycles. The summed E-state index contributed by atoms with van der Waals surface area (Å²) in [4.78, 5) is 4.62. The monoisotopic (exact) mass is 371 g/mol. The van der Waals surface area contributed by atoms with E-state index in [9.17, 15) is 13.2 Å². The number of guanidine groups is 1. The van der Waals surface area contributed by atoms with Gasteiger partial charge in [0, 0.05) is 31.7 Å². The van der Waals surface area contributed by atoms with Gasteiger partial charge in [0.1, 0.15) is 0 Å². The fourth-order valence-corrected chi connectivity index (χ4v) is 3.34. The minimum atomic E-state index is -4.17. The maximum atomic E-state index is 12.4. The van der Waals surface area contributed by atoms with Crippen LogP contribution in [0.2, 0.25) is 0 Å². The van der Waals surface area contributed by atoms with Crippen molar-refractivity contribution in [2.75, 3.05) is 32.8 Å². The third-order valence-corrected chi connectivity index (χ3v) is 4.75. The Morgan fingerprint density at radius 2 is 1.88 bits per heavy atom. The Labute approximate surface area is 153 Å². The number of rotatable bonds is 6. The van der Waals surface area contributed by atoms with Gasteiger partial charge in [-0.25, -0.2) is 0 Å². The second-order valence-corrected chi connectivity index (χ2v) is 6.69. The highest BCUT2D eigenvalue weighted by atomic mass is 19.4. The van der Waals surface area contributed by atoms with Gasteiger partial charge in [0.25, 0.3) is 0 Å². The van der Waals surface area contributed by atoms with E-state index in [2.05, 4.69) is 34.7 Å². The number of aryl methyl sites for hydroxylation is 1. The van der Waals surface area contributed by atoms with Gasteiger partial charge < -0.3 is 15.4 Å². The Kier molecular flexibility index (Phi) is 7.32. The van der Waals surface area contributed by atoms with E-state index < -0.39 is 12.6 Å². The average Bonchev–Trinajstić information content (AvgIpc) is 2.60. The molecule has 0 aromatic heterocycles. The first-order chi connectivity index (χ1) is 12.4. The van der Waals surface area contributed by atoms with Gasteiger partial charge >= 0.3 is 6.18 Å². The Balaban J connectivity index is 2.15. The molecule has 1 aromatic carbocycles. The summed E-state index contributed by atoms with van der Waals surface area (Å²) in [5.41, 5.74) is 2.31. The number of ether oxygens (including phenoxy) is 1. The molecule has 2 rings (SSSR count). The molecule has 1 heterocycles. The van der Waals surface area contributed by atoms with Crippen molar-refractivity contribution in [3.63, 3.8) is 0 Å². The summed E-state index contributed by atoms with van der Waals surface area (Å²) >= 11 is 0. The van der Waals surface area contributed by atoms with Crippen LogP contribution in [0, 0.1) is 6.92 Å². The van der Waals surface area contributed by atoms with Crippen molar-refractivity contribution >= 4 is 5.96 Å². The predicted molar refractivity (Wildman–Crippen MR) is 97.6 cm³/mol. The third kappa shape index (κ3) is 5.90. The largest absolute Gasteiger partial charge is 0.390 e. The van der Waals surface area contributed by atoms with Crippen LogP contribution in [0.15, 0.2) is 29.3 Å². The maximum Gasteiger partial charge on any atom is 0.390 e. The van der Waals surface area contributed by atoms with Crippen LogP contribution in [0.5, 0.6) is 0 Å². The standard InChI is InChI=1S/C19H28F3N3O/c1-3-23-17(24-11-8-19(20,21)22)25-14-18(9-12-26-13-10-18)16-7-5-4-6-15(16)2/h4-7H,3,8-14H2,1-2H3,(H2,23,24,25). The van der Waals surface area contributed by atoms with Crippen LogP contribution >= 0.6 is 0 Å². The zero-order valence-electron chi connectivity index (χ0n) is 15.5. The van der Waals surface area contributed by atoms with Crippen LogP contribution in [0.25, 0.3) is 0 Å². The summed E-state index contributed by atoms with van der Waals surface area (Å²) in [6.07, 6.45) is -3.35. The Morgan fingerprint density at radius 3 is 2.50 bits per heavy atom. The van der Waals surface area contributed by atoms with Gasteiger partial charge in [-0.2, -0.15) is 13.2 Å². The molecular weight excluding hydrogens is 343 g/mol. The van der Waals surface area contributed by atoms with E-state index in [1.807, 2.05) is 19.1 Å².